The molecule has 152 valence electrons. The van der Waals surface area contributed by atoms with Crippen molar-refractivity contribution in [2.75, 3.05) is 18.4 Å². The fourth-order valence-corrected chi connectivity index (χ4v) is 4.05. The van der Waals surface area contributed by atoms with Crippen LogP contribution in [-0.4, -0.2) is 54.0 Å². The third-order valence-electron chi connectivity index (χ3n) is 5.26. The number of carbonyl (C=O) groups excluding carboxylic acids is 3. The van der Waals surface area contributed by atoms with Crippen molar-refractivity contribution in [3.05, 3.63) is 29.3 Å². The van der Waals surface area contributed by atoms with E-state index < -0.39 is 12.1 Å². The van der Waals surface area contributed by atoms with Crippen LogP contribution in [0.15, 0.2) is 18.2 Å². The summed E-state index contributed by atoms with van der Waals surface area (Å²) in [4.78, 5) is 39.1. The summed E-state index contributed by atoms with van der Waals surface area (Å²) < 4.78 is 0. The van der Waals surface area contributed by atoms with Gasteiger partial charge in [0.2, 0.25) is 11.8 Å². The monoisotopic (exact) mass is 387 g/mol. The Morgan fingerprint density at radius 3 is 2.61 bits per heavy atom. The minimum absolute atomic E-state index is 0.0689. The Bertz CT molecular complexity index is 746. The minimum atomic E-state index is -0.509. The molecule has 0 bridgehead atoms. The molecule has 3 rings (SSSR count). The van der Waals surface area contributed by atoms with E-state index in [-0.39, 0.29) is 23.9 Å². The molecule has 0 aliphatic carbocycles. The molecule has 0 aromatic heterocycles. The summed E-state index contributed by atoms with van der Waals surface area (Å²) in [6.45, 7) is 4.87. The molecule has 1 aromatic rings. The average molecular weight is 387 g/mol. The molecule has 8 nitrogen and oxygen atoms in total. The molecule has 2 saturated heterocycles. The van der Waals surface area contributed by atoms with Crippen molar-refractivity contribution < 1.29 is 14.4 Å². The summed E-state index contributed by atoms with van der Waals surface area (Å²) in [7, 11) is 0. The summed E-state index contributed by atoms with van der Waals surface area (Å²) in [6.07, 6.45) is 2.64. The summed E-state index contributed by atoms with van der Waals surface area (Å²) in [5, 5.41) is 8.55. The van der Waals surface area contributed by atoms with Gasteiger partial charge in [-0.15, -0.1) is 0 Å². The number of amides is 4. The predicted octanol–water partition coefficient (Wildman–Crippen LogP) is 1.02. The Morgan fingerprint density at radius 2 is 1.93 bits per heavy atom. The summed E-state index contributed by atoms with van der Waals surface area (Å²) in [6, 6.07) is 4.24. The van der Waals surface area contributed by atoms with Crippen LogP contribution >= 0.6 is 0 Å². The summed E-state index contributed by atoms with van der Waals surface area (Å²) >= 11 is 0. The first-order valence-electron chi connectivity index (χ1n) is 9.84. The number of hydrogen-bond donors (Lipinski definition) is 4. The van der Waals surface area contributed by atoms with Gasteiger partial charge in [0.15, 0.2) is 0 Å². The largest absolute Gasteiger partial charge is 0.343 e. The smallest absolute Gasteiger partial charge is 0.319 e. The van der Waals surface area contributed by atoms with Gasteiger partial charge in [0.1, 0.15) is 12.1 Å². The first-order chi connectivity index (χ1) is 13.4. The number of nitrogens with two attached hydrogens (primary N) is 1. The van der Waals surface area contributed by atoms with E-state index in [1.807, 2.05) is 32.0 Å². The number of rotatable bonds is 6. The molecule has 5 N–H and O–H groups in total. The first kappa shape index (κ1) is 20.1. The van der Waals surface area contributed by atoms with E-state index in [9.17, 15) is 14.4 Å². The molecule has 8 heteroatoms. The van der Waals surface area contributed by atoms with Gasteiger partial charge in [-0.3, -0.25) is 9.59 Å². The van der Waals surface area contributed by atoms with Crippen molar-refractivity contribution in [1.82, 2.24) is 15.5 Å². The molecule has 2 fully saturated rings. The van der Waals surface area contributed by atoms with Gasteiger partial charge < -0.3 is 26.6 Å². The highest BCUT2D eigenvalue weighted by atomic mass is 16.2. The van der Waals surface area contributed by atoms with E-state index in [1.165, 1.54) is 0 Å². The van der Waals surface area contributed by atoms with Gasteiger partial charge in [-0.2, -0.15) is 0 Å². The second-order valence-electron chi connectivity index (χ2n) is 7.76. The van der Waals surface area contributed by atoms with E-state index in [2.05, 4.69) is 16.0 Å². The molecule has 2 aliphatic heterocycles. The molecule has 28 heavy (non-hydrogen) atoms. The standard InChI is InChI=1S/C20H29N5O3/c1-12-7-13(2)9-14(8-12)22-20(28)23-15-10-17-18(26)24-16(5-3-4-6-21)19(27)25(17)11-15/h7-9,15-17H,3-6,10-11,21H2,1-2H3,(H,24,26)(H2,22,23,28)/t15-,16-,17-/m0/s1. The lowest BCUT2D eigenvalue weighted by Gasteiger charge is -2.34. The second-order valence-corrected chi connectivity index (χ2v) is 7.76. The van der Waals surface area contributed by atoms with Crippen molar-refractivity contribution in [3.8, 4) is 0 Å². The third kappa shape index (κ3) is 4.62. The van der Waals surface area contributed by atoms with Crippen molar-refractivity contribution in [1.29, 1.82) is 0 Å². The van der Waals surface area contributed by atoms with Crippen molar-refractivity contribution >= 4 is 23.5 Å². The lowest BCUT2D eigenvalue weighted by Crippen LogP contribution is -2.61. The van der Waals surface area contributed by atoms with E-state index in [0.717, 1.165) is 29.7 Å². The normalized spacial score (nSPS) is 24.0. The Labute approximate surface area is 165 Å². The van der Waals surface area contributed by atoms with E-state index in [1.54, 1.807) is 4.90 Å². The average Bonchev–Trinajstić information content (AvgIpc) is 3.03. The number of hydrogen-bond acceptors (Lipinski definition) is 4. The first-order valence-corrected chi connectivity index (χ1v) is 9.84. The van der Waals surface area contributed by atoms with Gasteiger partial charge in [-0.1, -0.05) is 6.07 Å². The lowest BCUT2D eigenvalue weighted by molar-refractivity contribution is -0.147. The molecule has 0 radical (unpaired) electrons. The summed E-state index contributed by atoms with van der Waals surface area (Å²) in [5.74, 6) is -0.211. The molecular formula is C20H29N5O3. The zero-order chi connectivity index (χ0) is 20.3. The number of nitrogens with one attached hydrogen (secondary N) is 3. The highest BCUT2D eigenvalue weighted by Crippen LogP contribution is 2.24. The van der Waals surface area contributed by atoms with Gasteiger partial charge >= 0.3 is 6.03 Å². The molecule has 2 heterocycles. The quantitative estimate of drug-likeness (QED) is 0.545. The highest BCUT2D eigenvalue weighted by Gasteiger charge is 2.46. The van der Waals surface area contributed by atoms with E-state index in [0.29, 0.717) is 25.9 Å². The zero-order valence-corrected chi connectivity index (χ0v) is 16.5. The van der Waals surface area contributed by atoms with Crippen LogP contribution in [0.4, 0.5) is 10.5 Å². The Balaban J connectivity index is 1.57. The fraction of sp³-hybridized carbons (Fsp3) is 0.550. The second kappa shape index (κ2) is 8.60. The van der Waals surface area contributed by atoms with Crippen LogP contribution in [0.1, 0.15) is 36.8 Å². The van der Waals surface area contributed by atoms with Crippen LogP contribution in [0, 0.1) is 13.8 Å². The Morgan fingerprint density at radius 1 is 1.21 bits per heavy atom. The maximum atomic E-state index is 12.7. The van der Waals surface area contributed by atoms with Crippen LogP contribution in [-0.2, 0) is 9.59 Å². The molecule has 0 unspecified atom stereocenters. The number of piperazine rings is 1. The zero-order valence-electron chi connectivity index (χ0n) is 16.5. The molecule has 4 amide bonds. The van der Waals surface area contributed by atoms with Crippen LogP contribution in [0.25, 0.3) is 0 Å². The number of anilines is 1. The third-order valence-corrected chi connectivity index (χ3v) is 5.26. The van der Waals surface area contributed by atoms with Crippen molar-refractivity contribution in [2.45, 2.75) is 57.7 Å². The molecule has 0 spiro atoms. The summed E-state index contributed by atoms with van der Waals surface area (Å²) in [5.41, 5.74) is 8.35. The topological polar surface area (TPSA) is 117 Å². The van der Waals surface area contributed by atoms with E-state index >= 15 is 0 Å². The van der Waals surface area contributed by atoms with Gasteiger partial charge in [0.25, 0.3) is 0 Å². The van der Waals surface area contributed by atoms with Crippen LogP contribution in [0.2, 0.25) is 0 Å². The van der Waals surface area contributed by atoms with Gasteiger partial charge in [0, 0.05) is 12.2 Å². The van der Waals surface area contributed by atoms with E-state index in [4.69, 9.17) is 5.73 Å². The van der Waals surface area contributed by atoms with Gasteiger partial charge in [-0.05, 0) is 69.3 Å². The number of nitrogens with zero attached hydrogens (tertiary/aromatic N) is 1. The van der Waals surface area contributed by atoms with Crippen LogP contribution in [0.5, 0.6) is 0 Å². The number of urea groups is 1. The molecular weight excluding hydrogens is 358 g/mol. The molecule has 3 atom stereocenters. The number of unbranched alkanes of at least 4 members (excludes halogenated alkanes) is 1. The number of carbonyl (C=O) groups is 3. The lowest BCUT2D eigenvalue weighted by atomic mass is 10.0. The number of benzene rings is 1. The van der Waals surface area contributed by atoms with Crippen LogP contribution < -0.4 is 21.7 Å². The Hall–Kier alpha value is -2.61. The number of fused-ring (bicyclic) bond motifs is 1. The molecule has 0 saturated carbocycles. The molecule has 1 aromatic carbocycles. The fourth-order valence-electron chi connectivity index (χ4n) is 4.05. The van der Waals surface area contributed by atoms with Crippen molar-refractivity contribution in [3.63, 3.8) is 0 Å². The Kier molecular flexibility index (Phi) is 6.18. The molecule has 2 aliphatic rings. The van der Waals surface area contributed by atoms with Gasteiger partial charge in [0.05, 0.1) is 6.04 Å². The van der Waals surface area contributed by atoms with Gasteiger partial charge in [-0.25, -0.2) is 4.79 Å². The van der Waals surface area contributed by atoms with Crippen molar-refractivity contribution in [2.24, 2.45) is 5.73 Å². The predicted molar refractivity (Wildman–Crippen MR) is 107 cm³/mol. The van der Waals surface area contributed by atoms with Crippen LogP contribution in [0.3, 0.4) is 0 Å². The maximum absolute atomic E-state index is 12.7. The maximum Gasteiger partial charge on any atom is 0.319 e. The minimum Gasteiger partial charge on any atom is -0.343 e. The highest BCUT2D eigenvalue weighted by molar-refractivity contribution is 5.98. The number of aryl methyl sites for hydroxylation is 2. The SMILES string of the molecule is Cc1cc(C)cc(NC(=O)N[C@H]2C[C@H]3C(=O)N[C@@H](CCCCN)C(=O)N3C2)c1.